The summed E-state index contributed by atoms with van der Waals surface area (Å²) in [4.78, 5) is 5.98. The van der Waals surface area contributed by atoms with Crippen LogP contribution in [0.2, 0.25) is 0 Å². The number of aromatic nitrogens is 1. The fourth-order valence-corrected chi connectivity index (χ4v) is 3.38. The Balaban J connectivity index is 2.03. The number of hydrogen-bond acceptors (Lipinski definition) is 4. The highest BCUT2D eigenvalue weighted by atomic mass is 32.1. The minimum atomic E-state index is -0.320. The third kappa shape index (κ3) is 2.29. The van der Waals surface area contributed by atoms with E-state index in [9.17, 15) is 0 Å². The van der Waals surface area contributed by atoms with Gasteiger partial charge in [0.15, 0.2) is 5.13 Å². The Morgan fingerprint density at radius 3 is 2.80 bits per heavy atom. The predicted octanol–water partition coefficient (Wildman–Crippen LogP) is 4.51. The molecular formula is C16H20N2OS. The number of ether oxygens (including phenoxy) is 1. The van der Waals surface area contributed by atoms with Gasteiger partial charge in [0, 0.05) is 12.1 Å². The van der Waals surface area contributed by atoms with E-state index in [1.165, 1.54) is 4.88 Å². The Hall–Kier alpha value is -1.55. The van der Waals surface area contributed by atoms with Crippen LogP contribution in [0.4, 0.5) is 5.13 Å². The molecule has 0 fully saturated rings. The zero-order valence-electron chi connectivity index (χ0n) is 12.4. The number of fused-ring (bicyclic) bond motifs is 3. The molecule has 3 rings (SSSR count). The van der Waals surface area contributed by atoms with E-state index in [-0.39, 0.29) is 5.60 Å². The van der Waals surface area contributed by atoms with Crippen LogP contribution in [0.3, 0.4) is 0 Å². The molecule has 0 radical (unpaired) electrons. The second-order valence-electron chi connectivity index (χ2n) is 6.08. The van der Waals surface area contributed by atoms with Crippen molar-refractivity contribution >= 4 is 16.5 Å². The molecule has 3 nitrogen and oxygen atoms in total. The molecule has 0 amide bonds. The van der Waals surface area contributed by atoms with Crippen molar-refractivity contribution in [2.75, 3.05) is 11.9 Å². The summed E-state index contributed by atoms with van der Waals surface area (Å²) in [6.07, 6.45) is 0. The van der Waals surface area contributed by atoms with E-state index >= 15 is 0 Å². The normalized spacial score (nSPS) is 15.4. The minimum absolute atomic E-state index is 0.320. The van der Waals surface area contributed by atoms with Crippen molar-refractivity contribution in [3.05, 3.63) is 29.1 Å². The van der Waals surface area contributed by atoms with Crippen LogP contribution in [0.5, 0.6) is 5.75 Å². The van der Waals surface area contributed by atoms with E-state index in [1.807, 2.05) is 18.2 Å². The van der Waals surface area contributed by atoms with Gasteiger partial charge >= 0.3 is 0 Å². The largest absolute Gasteiger partial charge is 0.482 e. The SMILES string of the molecule is CC(C)CNc1nc2c(s1)C(C)(C)Oc1ccccc1-2. The number of rotatable bonds is 3. The molecule has 0 saturated carbocycles. The van der Waals surface area contributed by atoms with Crippen LogP contribution >= 0.6 is 11.3 Å². The number of para-hydroxylation sites is 1. The number of anilines is 1. The number of nitrogens with one attached hydrogen (secondary N) is 1. The molecule has 20 heavy (non-hydrogen) atoms. The quantitative estimate of drug-likeness (QED) is 0.902. The zero-order valence-corrected chi connectivity index (χ0v) is 13.2. The summed E-state index contributed by atoms with van der Waals surface area (Å²) in [6, 6.07) is 8.13. The van der Waals surface area contributed by atoms with E-state index in [0.717, 1.165) is 28.7 Å². The van der Waals surface area contributed by atoms with E-state index in [0.29, 0.717) is 5.92 Å². The van der Waals surface area contributed by atoms with Crippen LogP contribution < -0.4 is 10.1 Å². The van der Waals surface area contributed by atoms with Crippen molar-refractivity contribution in [2.24, 2.45) is 5.92 Å². The van der Waals surface area contributed by atoms with Crippen molar-refractivity contribution in [1.82, 2.24) is 4.98 Å². The summed E-state index contributed by atoms with van der Waals surface area (Å²) in [6.45, 7) is 9.54. The lowest BCUT2D eigenvalue weighted by Gasteiger charge is -2.31. The monoisotopic (exact) mass is 288 g/mol. The molecule has 1 aliphatic rings. The first-order valence-electron chi connectivity index (χ1n) is 7.01. The van der Waals surface area contributed by atoms with Crippen LogP contribution in [0.15, 0.2) is 24.3 Å². The third-order valence-electron chi connectivity index (χ3n) is 3.34. The number of thiazole rings is 1. The molecule has 0 atom stereocenters. The van der Waals surface area contributed by atoms with Crippen LogP contribution in [0.25, 0.3) is 11.3 Å². The predicted molar refractivity (Wildman–Crippen MR) is 84.5 cm³/mol. The van der Waals surface area contributed by atoms with Gasteiger partial charge in [-0.15, -0.1) is 0 Å². The Morgan fingerprint density at radius 1 is 1.30 bits per heavy atom. The van der Waals surface area contributed by atoms with Crippen molar-refractivity contribution in [1.29, 1.82) is 0 Å². The van der Waals surface area contributed by atoms with E-state index in [4.69, 9.17) is 9.72 Å². The highest BCUT2D eigenvalue weighted by Gasteiger charge is 2.35. The summed E-state index contributed by atoms with van der Waals surface area (Å²) in [5, 5.41) is 4.41. The van der Waals surface area contributed by atoms with E-state index < -0.39 is 0 Å². The molecule has 2 aromatic rings. The Labute approximate surface area is 124 Å². The third-order valence-corrected chi connectivity index (χ3v) is 4.66. The average molecular weight is 288 g/mol. The first-order valence-corrected chi connectivity index (χ1v) is 7.82. The molecule has 0 spiro atoms. The summed E-state index contributed by atoms with van der Waals surface area (Å²) in [7, 11) is 0. The summed E-state index contributed by atoms with van der Waals surface area (Å²) < 4.78 is 6.13. The van der Waals surface area contributed by atoms with Gasteiger partial charge in [0.05, 0.1) is 10.6 Å². The van der Waals surface area contributed by atoms with Gasteiger partial charge in [0.1, 0.15) is 11.4 Å². The lowest BCUT2D eigenvalue weighted by Crippen LogP contribution is -2.27. The fraction of sp³-hybridized carbons (Fsp3) is 0.438. The lowest BCUT2D eigenvalue weighted by molar-refractivity contribution is 0.109. The van der Waals surface area contributed by atoms with E-state index in [1.54, 1.807) is 11.3 Å². The van der Waals surface area contributed by atoms with Crippen molar-refractivity contribution in [3.63, 3.8) is 0 Å². The maximum absolute atomic E-state index is 6.13. The number of benzene rings is 1. The molecule has 0 aliphatic carbocycles. The van der Waals surface area contributed by atoms with Gasteiger partial charge < -0.3 is 10.1 Å². The Kier molecular flexibility index (Phi) is 3.21. The molecule has 1 aliphatic heterocycles. The summed E-state index contributed by atoms with van der Waals surface area (Å²) in [5.41, 5.74) is 1.84. The first kappa shape index (κ1) is 13.4. The van der Waals surface area contributed by atoms with E-state index in [2.05, 4.69) is 39.1 Å². The average Bonchev–Trinajstić information content (AvgIpc) is 2.81. The van der Waals surface area contributed by atoms with Crippen molar-refractivity contribution < 1.29 is 4.74 Å². The molecule has 106 valence electrons. The molecule has 1 aromatic carbocycles. The van der Waals surface area contributed by atoms with Gasteiger partial charge in [-0.3, -0.25) is 0 Å². The molecule has 0 unspecified atom stereocenters. The smallest absolute Gasteiger partial charge is 0.183 e. The zero-order chi connectivity index (χ0) is 14.3. The number of nitrogens with zero attached hydrogens (tertiary/aromatic N) is 1. The van der Waals surface area contributed by atoms with Crippen LogP contribution in [0.1, 0.15) is 32.6 Å². The molecule has 4 heteroatoms. The molecular weight excluding hydrogens is 268 g/mol. The molecule has 1 N–H and O–H groups in total. The maximum atomic E-state index is 6.13. The molecule has 1 aromatic heterocycles. The lowest BCUT2D eigenvalue weighted by atomic mass is 9.97. The molecule has 2 heterocycles. The fourth-order valence-electron chi connectivity index (χ4n) is 2.35. The summed E-state index contributed by atoms with van der Waals surface area (Å²) >= 11 is 1.70. The standard InChI is InChI=1S/C16H20N2OS/c1-10(2)9-17-15-18-13-11-7-5-6-8-12(11)19-16(3,4)14(13)20-15/h5-8,10H,9H2,1-4H3,(H,17,18). The molecule has 0 saturated heterocycles. The second-order valence-corrected chi connectivity index (χ2v) is 7.08. The topological polar surface area (TPSA) is 34.2 Å². The van der Waals surface area contributed by atoms with Crippen LogP contribution in [0, 0.1) is 5.92 Å². The molecule has 0 bridgehead atoms. The minimum Gasteiger partial charge on any atom is -0.482 e. The Morgan fingerprint density at radius 2 is 2.05 bits per heavy atom. The van der Waals surface area contributed by atoms with Gasteiger partial charge in [-0.25, -0.2) is 4.98 Å². The van der Waals surface area contributed by atoms with Gasteiger partial charge in [-0.05, 0) is 31.9 Å². The van der Waals surface area contributed by atoms with Crippen LogP contribution in [-0.2, 0) is 5.60 Å². The highest BCUT2D eigenvalue weighted by molar-refractivity contribution is 7.16. The van der Waals surface area contributed by atoms with Crippen molar-refractivity contribution in [2.45, 2.75) is 33.3 Å². The first-order chi connectivity index (χ1) is 9.47. The Bertz CT molecular complexity index is 631. The highest BCUT2D eigenvalue weighted by Crippen LogP contribution is 2.48. The van der Waals surface area contributed by atoms with Gasteiger partial charge in [-0.1, -0.05) is 37.3 Å². The van der Waals surface area contributed by atoms with Crippen LogP contribution in [-0.4, -0.2) is 11.5 Å². The summed E-state index contributed by atoms with van der Waals surface area (Å²) in [5.74, 6) is 1.53. The van der Waals surface area contributed by atoms with Crippen molar-refractivity contribution in [3.8, 4) is 17.0 Å². The maximum Gasteiger partial charge on any atom is 0.183 e. The van der Waals surface area contributed by atoms with Gasteiger partial charge in [-0.2, -0.15) is 0 Å². The van der Waals surface area contributed by atoms with Gasteiger partial charge in [0.25, 0.3) is 0 Å². The second kappa shape index (κ2) is 4.77. The number of hydrogen-bond donors (Lipinski definition) is 1. The van der Waals surface area contributed by atoms with Gasteiger partial charge in [0.2, 0.25) is 0 Å².